The summed E-state index contributed by atoms with van der Waals surface area (Å²) >= 11 is 0. The molecule has 0 unspecified atom stereocenters. The summed E-state index contributed by atoms with van der Waals surface area (Å²) in [6, 6.07) is 10.8. The molecule has 3 aromatic heterocycles. The second kappa shape index (κ2) is 9.52. The molecule has 2 N–H and O–H groups in total. The molecule has 5 rings (SSSR count). The van der Waals surface area contributed by atoms with Crippen LogP contribution in [0.25, 0.3) is 21.9 Å². The van der Waals surface area contributed by atoms with Crippen LogP contribution in [-0.4, -0.2) is 59.0 Å². The Labute approximate surface area is 205 Å². The number of pyridine rings is 2. The fourth-order valence-corrected chi connectivity index (χ4v) is 5.65. The highest BCUT2D eigenvalue weighted by molar-refractivity contribution is 7.89. The Morgan fingerprint density at radius 2 is 1.94 bits per heavy atom. The number of benzene rings is 1. The summed E-state index contributed by atoms with van der Waals surface area (Å²) in [6.07, 6.45) is 5.00. The van der Waals surface area contributed by atoms with E-state index in [0.717, 1.165) is 34.4 Å². The number of nitrogens with zero attached hydrogens (tertiary/aromatic N) is 5. The molecule has 0 spiro atoms. The lowest BCUT2D eigenvalue weighted by atomic mass is 10.2. The number of aryl methyl sites for hydroxylation is 1. The van der Waals surface area contributed by atoms with Crippen molar-refractivity contribution < 1.29 is 13.2 Å². The Balaban J connectivity index is 1.23. The molecule has 1 aliphatic carbocycles. The van der Waals surface area contributed by atoms with Gasteiger partial charge in [0.05, 0.1) is 24.2 Å². The molecule has 10 heteroatoms. The Morgan fingerprint density at radius 1 is 1.14 bits per heavy atom. The first-order chi connectivity index (χ1) is 16.8. The number of likely N-dealkylation sites (N-methyl/N-ethyl adjacent to an activating group) is 1. The normalized spacial score (nSPS) is 14.4. The first-order valence-corrected chi connectivity index (χ1v) is 13.3. The van der Waals surface area contributed by atoms with Gasteiger partial charge in [-0.2, -0.15) is 4.31 Å². The molecule has 0 saturated heterocycles. The molecule has 184 valence electrons. The van der Waals surface area contributed by atoms with Crippen LogP contribution in [0, 0.1) is 12.8 Å². The first-order valence-electron chi connectivity index (χ1n) is 11.8. The number of imidazole rings is 1. The summed E-state index contributed by atoms with van der Waals surface area (Å²) in [4.78, 5) is 13.6. The minimum Gasteiger partial charge on any atom is -0.382 e. The predicted molar refractivity (Wildman–Crippen MR) is 135 cm³/mol. The molecule has 1 fully saturated rings. The van der Waals surface area contributed by atoms with Gasteiger partial charge in [0.1, 0.15) is 16.2 Å². The molecular weight excluding hydrogens is 464 g/mol. The Morgan fingerprint density at radius 3 is 2.74 bits per heavy atom. The van der Waals surface area contributed by atoms with E-state index in [9.17, 15) is 8.42 Å². The zero-order chi connectivity index (χ0) is 24.6. The number of nitrogen functional groups attached to an aromatic ring is 1. The van der Waals surface area contributed by atoms with Gasteiger partial charge in [0.2, 0.25) is 10.0 Å². The maximum absolute atomic E-state index is 13.2. The molecule has 0 aliphatic heterocycles. The number of rotatable bonds is 10. The molecule has 1 saturated carbocycles. The van der Waals surface area contributed by atoms with E-state index in [1.54, 1.807) is 31.4 Å². The standard InChI is InChI=1S/C25H30N6O3S/c1-17-15-20-24(25(26)28-17)29-22(16-18-8-9-18)31(20)12-14-34-13-11-30(2)35(32,33)21-7-3-5-19-6-4-10-27-23(19)21/h3-7,10,15,18H,8-9,11-14,16H2,1-2H3,(H2,26,28). The van der Waals surface area contributed by atoms with Gasteiger partial charge >= 0.3 is 0 Å². The van der Waals surface area contributed by atoms with Crippen LogP contribution in [0.3, 0.4) is 0 Å². The van der Waals surface area contributed by atoms with Crippen molar-refractivity contribution >= 4 is 37.8 Å². The maximum Gasteiger partial charge on any atom is 0.245 e. The number of para-hydroxylation sites is 1. The quantitative estimate of drug-likeness (QED) is 0.337. The van der Waals surface area contributed by atoms with Crippen molar-refractivity contribution in [2.75, 3.05) is 32.5 Å². The minimum atomic E-state index is -3.69. The molecule has 0 amide bonds. The molecule has 1 aromatic carbocycles. The van der Waals surface area contributed by atoms with E-state index in [2.05, 4.69) is 14.5 Å². The fraction of sp³-hybridized carbons (Fsp3) is 0.400. The van der Waals surface area contributed by atoms with Crippen LogP contribution in [-0.2, 0) is 27.7 Å². The third-order valence-corrected chi connectivity index (χ3v) is 8.32. The number of aromatic nitrogens is 4. The van der Waals surface area contributed by atoms with Gasteiger partial charge in [-0.3, -0.25) is 4.98 Å². The number of anilines is 1. The monoisotopic (exact) mass is 494 g/mol. The number of ether oxygens (including phenoxy) is 1. The fourth-order valence-electron chi connectivity index (χ4n) is 4.33. The van der Waals surface area contributed by atoms with Crippen molar-refractivity contribution in [1.82, 2.24) is 23.8 Å². The molecule has 1 aliphatic rings. The summed E-state index contributed by atoms with van der Waals surface area (Å²) < 4.78 is 35.7. The van der Waals surface area contributed by atoms with E-state index in [1.165, 1.54) is 17.1 Å². The van der Waals surface area contributed by atoms with E-state index in [-0.39, 0.29) is 18.0 Å². The lowest BCUT2D eigenvalue weighted by Gasteiger charge is -2.18. The summed E-state index contributed by atoms with van der Waals surface area (Å²) in [7, 11) is -2.13. The van der Waals surface area contributed by atoms with Crippen LogP contribution in [0.2, 0.25) is 0 Å². The zero-order valence-electron chi connectivity index (χ0n) is 20.0. The Kier molecular flexibility index (Phi) is 6.43. The van der Waals surface area contributed by atoms with Gasteiger partial charge in [-0.25, -0.2) is 18.4 Å². The Hall–Kier alpha value is -3.08. The molecule has 3 heterocycles. The topological polar surface area (TPSA) is 116 Å². The lowest BCUT2D eigenvalue weighted by molar-refractivity contribution is 0.119. The first kappa shape index (κ1) is 23.7. The van der Waals surface area contributed by atoms with Gasteiger partial charge in [-0.15, -0.1) is 0 Å². The van der Waals surface area contributed by atoms with Crippen LogP contribution in [0.15, 0.2) is 47.5 Å². The van der Waals surface area contributed by atoms with Crippen LogP contribution in [0.4, 0.5) is 5.82 Å². The van der Waals surface area contributed by atoms with Crippen LogP contribution >= 0.6 is 0 Å². The zero-order valence-corrected chi connectivity index (χ0v) is 20.8. The highest BCUT2D eigenvalue weighted by atomic mass is 32.2. The molecule has 0 atom stereocenters. The third-order valence-electron chi connectivity index (χ3n) is 6.43. The summed E-state index contributed by atoms with van der Waals surface area (Å²) in [5, 5.41) is 0.791. The van der Waals surface area contributed by atoms with E-state index < -0.39 is 10.0 Å². The van der Waals surface area contributed by atoms with E-state index in [0.29, 0.717) is 30.4 Å². The number of fused-ring (bicyclic) bond motifs is 2. The molecule has 0 bridgehead atoms. The molecule has 0 radical (unpaired) electrons. The highest BCUT2D eigenvalue weighted by Gasteiger charge is 2.26. The van der Waals surface area contributed by atoms with Crippen molar-refractivity contribution in [3.05, 3.63) is 54.1 Å². The number of nitrogens with two attached hydrogens (primary N) is 1. The van der Waals surface area contributed by atoms with E-state index >= 15 is 0 Å². The maximum atomic E-state index is 13.2. The van der Waals surface area contributed by atoms with Crippen LogP contribution in [0.1, 0.15) is 24.4 Å². The van der Waals surface area contributed by atoms with Gasteiger partial charge in [-0.1, -0.05) is 18.2 Å². The van der Waals surface area contributed by atoms with Gasteiger partial charge < -0.3 is 15.0 Å². The largest absolute Gasteiger partial charge is 0.382 e. The highest BCUT2D eigenvalue weighted by Crippen LogP contribution is 2.34. The van der Waals surface area contributed by atoms with Crippen molar-refractivity contribution in [1.29, 1.82) is 0 Å². The summed E-state index contributed by atoms with van der Waals surface area (Å²) in [6.45, 7) is 3.49. The van der Waals surface area contributed by atoms with Gasteiger partial charge in [0.25, 0.3) is 0 Å². The smallest absolute Gasteiger partial charge is 0.245 e. The second-order valence-electron chi connectivity index (χ2n) is 9.11. The van der Waals surface area contributed by atoms with Crippen LogP contribution < -0.4 is 5.73 Å². The van der Waals surface area contributed by atoms with Crippen molar-refractivity contribution in [3.63, 3.8) is 0 Å². The molecule has 35 heavy (non-hydrogen) atoms. The van der Waals surface area contributed by atoms with E-state index in [4.69, 9.17) is 15.5 Å². The molecular formula is C25H30N6O3S. The molecule has 9 nitrogen and oxygen atoms in total. The number of hydrogen-bond donors (Lipinski definition) is 1. The lowest BCUT2D eigenvalue weighted by Crippen LogP contribution is -2.30. The van der Waals surface area contributed by atoms with Crippen LogP contribution in [0.5, 0.6) is 0 Å². The minimum absolute atomic E-state index is 0.203. The third kappa shape index (κ3) is 4.86. The Bertz CT molecular complexity index is 1470. The summed E-state index contributed by atoms with van der Waals surface area (Å²) in [5.41, 5.74) is 9.17. The van der Waals surface area contributed by atoms with Gasteiger partial charge in [0, 0.05) is 43.8 Å². The van der Waals surface area contributed by atoms with E-state index in [1.807, 2.05) is 25.1 Å². The number of hydrogen-bond acceptors (Lipinski definition) is 7. The van der Waals surface area contributed by atoms with Crippen molar-refractivity contribution in [2.24, 2.45) is 5.92 Å². The van der Waals surface area contributed by atoms with Crippen molar-refractivity contribution in [2.45, 2.75) is 37.6 Å². The molecule has 4 aromatic rings. The van der Waals surface area contributed by atoms with Gasteiger partial charge in [-0.05, 0) is 43.9 Å². The van der Waals surface area contributed by atoms with Gasteiger partial charge in [0.15, 0.2) is 5.82 Å². The van der Waals surface area contributed by atoms with Crippen molar-refractivity contribution in [3.8, 4) is 0 Å². The average molecular weight is 495 g/mol. The summed E-state index contributed by atoms with van der Waals surface area (Å²) in [5.74, 6) is 2.14. The second-order valence-corrected chi connectivity index (χ2v) is 11.1. The predicted octanol–water partition coefficient (Wildman–Crippen LogP) is 3.16. The number of sulfonamides is 1. The average Bonchev–Trinajstić information content (AvgIpc) is 3.59. The SMILES string of the molecule is Cc1cc2c(nc(CC3CC3)n2CCOCCN(C)S(=O)(=O)c2cccc3cccnc23)c(N)n1.